The molecule has 2 heterocycles. The Morgan fingerprint density at radius 1 is 1.31 bits per heavy atom. The van der Waals surface area contributed by atoms with Crippen molar-refractivity contribution in [1.29, 1.82) is 0 Å². The molecule has 16 heavy (non-hydrogen) atoms. The van der Waals surface area contributed by atoms with Gasteiger partial charge in [-0.05, 0) is 32.1 Å². The number of carboxylic acid groups (broad SMARTS) is 1. The van der Waals surface area contributed by atoms with Gasteiger partial charge in [-0.3, -0.25) is 4.79 Å². The van der Waals surface area contributed by atoms with Gasteiger partial charge in [0.05, 0.1) is 5.60 Å². The van der Waals surface area contributed by atoms with Crippen molar-refractivity contribution in [2.45, 2.75) is 24.9 Å². The standard InChI is InChI=1S/C11H19NO3S/c1-12-5-2-11(15,3-6-12)10(9(13)14)4-7-16-8-10/h15H,2-8H2,1H3,(H,13,14). The number of nitrogens with zero attached hydrogens (tertiary/aromatic N) is 1. The number of carbonyl (C=O) groups is 1. The van der Waals surface area contributed by atoms with Crippen LogP contribution >= 0.6 is 11.8 Å². The molecular formula is C11H19NO3S. The molecule has 2 saturated heterocycles. The van der Waals surface area contributed by atoms with Crippen LogP contribution in [0.25, 0.3) is 0 Å². The number of likely N-dealkylation sites (tertiary alicyclic amines) is 1. The van der Waals surface area contributed by atoms with E-state index in [1.807, 2.05) is 7.05 Å². The van der Waals surface area contributed by atoms with Gasteiger partial charge in [-0.1, -0.05) is 0 Å². The first-order valence-electron chi connectivity index (χ1n) is 5.72. The molecule has 5 heteroatoms. The Morgan fingerprint density at radius 3 is 2.38 bits per heavy atom. The van der Waals surface area contributed by atoms with Gasteiger partial charge in [0, 0.05) is 18.8 Å². The Morgan fingerprint density at radius 2 is 1.94 bits per heavy atom. The topological polar surface area (TPSA) is 60.8 Å². The van der Waals surface area contributed by atoms with E-state index in [-0.39, 0.29) is 0 Å². The highest BCUT2D eigenvalue weighted by Gasteiger charge is 2.57. The molecule has 1 unspecified atom stereocenters. The SMILES string of the molecule is CN1CCC(O)(C2(C(=O)O)CCSC2)CC1. The van der Waals surface area contributed by atoms with Crippen LogP contribution in [0.2, 0.25) is 0 Å². The third-order valence-corrected chi connectivity index (χ3v) is 5.33. The predicted octanol–water partition coefficient (Wildman–Crippen LogP) is 0.651. The molecule has 2 N–H and O–H groups in total. The second-order valence-corrected chi connectivity index (χ2v) is 6.13. The second-order valence-electron chi connectivity index (χ2n) is 5.02. The molecule has 92 valence electrons. The van der Waals surface area contributed by atoms with Gasteiger partial charge in [-0.2, -0.15) is 11.8 Å². The third-order valence-electron chi connectivity index (χ3n) is 4.14. The summed E-state index contributed by atoms with van der Waals surface area (Å²) in [5.41, 5.74) is -1.91. The van der Waals surface area contributed by atoms with E-state index in [4.69, 9.17) is 0 Å². The summed E-state index contributed by atoms with van der Waals surface area (Å²) in [6, 6.07) is 0. The lowest BCUT2D eigenvalue weighted by atomic mass is 9.66. The minimum atomic E-state index is -1.01. The van der Waals surface area contributed by atoms with Gasteiger partial charge in [0.25, 0.3) is 0 Å². The molecule has 0 aromatic heterocycles. The van der Waals surface area contributed by atoms with E-state index in [1.165, 1.54) is 0 Å². The van der Waals surface area contributed by atoms with Gasteiger partial charge in [0.1, 0.15) is 5.41 Å². The predicted molar refractivity (Wildman–Crippen MR) is 63.7 cm³/mol. The molecule has 2 fully saturated rings. The summed E-state index contributed by atoms with van der Waals surface area (Å²) in [6.45, 7) is 1.58. The van der Waals surface area contributed by atoms with Gasteiger partial charge in [0.15, 0.2) is 0 Å². The number of hydrogen-bond acceptors (Lipinski definition) is 4. The number of thioether (sulfide) groups is 1. The van der Waals surface area contributed by atoms with Crippen LogP contribution in [0.4, 0.5) is 0 Å². The largest absolute Gasteiger partial charge is 0.481 e. The highest BCUT2D eigenvalue weighted by Crippen LogP contribution is 2.49. The number of hydrogen-bond donors (Lipinski definition) is 2. The number of aliphatic hydroxyl groups is 1. The average Bonchev–Trinajstić information content (AvgIpc) is 2.73. The molecule has 0 aromatic carbocycles. The van der Waals surface area contributed by atoms with Crippen molar-refractivity contribution in [3.05, 3.63) is 0 Å². The summed E-state index contributed by atoms with van der Waals surface area (Å²) >= 11 is 1.65. The Labute approximate surface area is 100 Å². The van der Waals surface area contributed by atoms with Gasteiger partial charge < -0.3 is 15.1 Å². The molecule has 2 aliphatic rings. The number of carboxylic acids is 1. The molecule has 0 saturated carbocycles. The van der Waals surface area contributed by atoms with E-state index in [9.17, 15) is 15.0 Å². The maximum Gasteiger partial charge on any atom is 0.313 e. The van der Waals surface area contributed by atoms with E-state index in [0.717, 1.165) is 18.8 Å². The monoisotopic (exact) mass is 245 g/mol. The fourth-order valence-electron chi connectivity index (χ4n) is 2.77. The van der Waals surface area contributed by atoms with Crippen LogP contribution < -0.4 is 0 Å². The summed E-state index contributed by atoms with van der Waals surface area (Å²) < 4.78 is 0. The van der Waals surface area contributed by atoms with Crippen molar-refractivity contribution >= 4 is 17.7 Å². The van der Waals surface area contributed by atoms with Crippen molar-refractivity contribution in [2.24, 2.45) is 5.41 Å². The van der Waals surface area contributed by atoms with E-state index in [0.29, 0.717) is 25.0 Å². The lowest BCUT2D eigenvalue weighted by Gasteiger charge is -2.46. The van der Waals surface area contributed by atoms with Gasteiger partial charge >= 0.3 is 5.97 Å². The van der Waals surface area contributed by atoms with Crippen LogP contribution in [-0.2, 0) is 4.79 Å². The van der Waals surface area contributed by atoms with Crippen molar-refractivity contribution < 1.29 is 15.0 Å². The van der Waals surface area contributed by atoms with E-state index in [1.54, 1.807) is 11.8 Å². The van der Waals surface area contributed by atoms with Crippen molar-refractivity contribution in [2.75, 3.05) is 31.6 Å². The van der Waals surface area contributed by atoms with Crippen LogP contribution in [0.3, 0.4) is 0 Å². The summed E-state index contributed by atoms with van der Waals surface area (Å²) in [7, 11) is 2.01. The zero-order valence-electron chi connectivity index (χ0n) is 9.61. The molecule has 0 bridgehead atoms. The van der Waals surface area contributed by atoms with Crippen LogP contribution in [-0.4, -0.2) is 58.3 Å². The first-order valence-corrected chi connectivity index (χ1v) is 6.88. The summed E-state index contributed by atoms with van der Waals surface area (Å²) in [5.74, 6) is 0.594. The smallest absolute Gasteiger partial charge is 0.313 e. The third kappa shape index (κ3) is 1.75. The van der Waals surface area contributed by atoms with E-state index >= 15 is 0 Å². The maximum absolute atomic E-state index is 11.5. The fourth-order valence-corrected chi connectivity index (χ4v) is 4.29. The molecule has 0 spiro atoms. The highest BCUT2D eigenvalue weighted by atomic mass is 32.2. The quantitative estimate of drug-likeness (QED) is 0.748. The Kier molecular flexibility index (Phi) is 3.20. The molecule has 0 aliphatic carbocycles. The Hall–Kier alpha value is -0.260. The maximum atomic E-state index is 11.5. The van der Waals surface area contributed by atoms with E-state index < -0.39 is 17.0 Å². The molecule has 4 nitrogen and oxygen atoms in total. The van der Waals surface area contributed by atoms with E-state index in [2.05, 4.69) is 4.90 Å². The molecule has 1 atom stereocenters. The summed E-state index contributed by atoms with van der Waals surface area (Å²) in [5, 5.41) is 20.1. The van der Waals surface area contributed by atoms with Crippen molar-refractivity contribution in [3.63, 3.8) is 0 Å². The highest BCUT2D eigenvalue weighted by molar-refractivity contribution is 7.99. The minimum absolute atomic E-state index is 0.558. The number of rotatable bonds is 2. The van der Waals surface area contributed by atoms with Crippen LogP contribution in [0.15, 0.2) is 0 Å². The van der Waals surface area contributed by atoms with Crippen molar-refractivity contribution in [3.8, 4) is 0 Å². The fraction of sp³-hybridized carbons (Fsp3) is 0.909. The second kappa shape index (κ2) is 4.20. The molecular weight excluding hydrogens is 226 g/mol. The Bertz CT molecular complexity index is 281. The summed E-state index contributed by atoms with van der Waals surface area (Å²) in [4.78, 5) is 13.7. The molecule has 0 amide bonds. The molecule has 2 rings (SSSR count). The zero-order chi connectivity index (χ0) is 11.8. The minimum Gasteiger partial charge on any atom is -0.481 e. The van der Waals surface area contributed by atoms with Crippen LogP contribution in [0, 0.1) is 5.41 Å². The van der Waals surface area contributed by atoms with Crippen molar-refractivity contribution in [1.82, 2.24) is 4.90 Å². The first-order chi connectivity index (χ1) is 7.50. The number of piperidine rings is 1. The first kappa shape index (κ1) is 12.2. The number of aliphatic carboxylic acids is 1. The molecule has 0 aromatic rings. The Balaban J connectivity index is 2.22. The molecule has 2 aliphatic heterocycles. The normalized spacial score (nSPS) is 35.1. The van der Waals surface area contributed by atoms with Gasteiger partial charge in [-0.15, -0.1) is 0 Å². The lowest BCUT2D eigenvalue weighted by Crippen LogP contribution is -2.58. The van der Waals surface area contributed by atoms with Crippen LogP contribution in [0.5, 0.6) is 0 Å². The average molecular weight is 245 g/mol. The molecule has 0 radical (unpaired) electrons. The van der Waals surface area contributed by atoms with Crippen LogP contribution in [0.1, 0.15) is 19.3 Å². The van der Waals surface area contributed by atoms with Gasteiger partial charge in [-0.25, -0.2) is 0 Å². The lowest BCUT2D eigenvalue weighted by molar-refractivity contribution is -0.172. The zero-order valence-corrected chi connectivity index (χ0v) is 10.4. The van der Waals surface area contributed by atoms with Gasteiger partial charge in [0.2, 0.25) is 0 Å². The summed E-state index contributed by atoms with van der Waals surface area (Å²) in [6.07, 6.45) is 1.76.